The van der Waals surface area contributed by atoms with Crippen LogP contribution in [0.4, 0.5) is 0 Å². The van der Waals surface area contributed by atoms with E-state index in [1.54, 1.807) is 12.1 Å². The molecule has 0 saturated carbocycles. The van der Waals surface area contributed by atoms with Crippen molar-refractivity contribution >= 4 is 11.8 Å². The maximum absolute atomic E-state index is 12.7. The Kier molecular flexibility index (Phi) is 5.94. The van der Waals surface area contributed by atoms with Gasteiger partial charge >= 0.3 is 0 Å². The van der Waals surface area contributed by atoms with Gasteiger partial charge in [0.2, 0.25) is 5.91 Å². The summed E-state index contributed by atoms with van der Waals surface area (Å²) in [7, 11) is 0. The number of nitrogens with zero attached hydrogens (tertiary/aromatic N) is 1. The molecule has 0 fully saturated rings. The van der Waals surface area contributed by atoms with Crippen molar-refractivity contribution in [3.63, 3.8) is 0 Å². The number of hydrogen-bond acceptors (Lipinski definition) is 2. The molecule has 2 N–H and O–H groups in total. The molecule has 0 unspecified atom stereocenters. The molecule has 0 spiro atoms. The van der Waals surface area contributed by atoms with E-state index in [2.05, 4.69) is 27.7 Å². The molecule has 2 amide bonds. The third kappa shape index (κ3) is 5.21. The quantitative estimate of drug-likeness (QED) is 0.875. The summed E-state index contributed by atoms with van der Waals surface area (Å²) in [4.78, 5) is 25.9. The molecular weight excluding hydrogens is 264 g/mol. The second-order valence-corrected chi connectivity index (χ2v) is 6.45. The number of carbonyl (C=O) groups excluding carboxylic acids is 2. The van der Waals surface area contributed by atoms with E-state index in [9.17, 15) is 9.59 Å². The molecule has 116 valence electrons. The van der Waals surface area contributed by atoms with Crippen molar-refractivity contribution in [2.45, 2.75) is 34.6 Å². The Morgan fingerprint density at radius 1 is 1.00 bits per heavy atom. The molecule has 0 heterocycles. The van der Waals surface area contributed by atoms with Crippen LogP contribution in [0, 0.1) is 18.8 Å². The van der Waals surface area contributed by atoms with E-state index in [4.69, 9.17) is 5.73 Å². The summed E-state index contributed by atoms with van der Waals surface area (Å²) in [5.74, 6) is 0.247. The second kappa shape index (κ2) is 7.25. The minimum absolute atomic E-state index is 0.0383. The summed E-state index contributed by atoms with van der Waals surface area (Å²) in [5, 5.41) is 0. The van der Waals surface area contributed by atoms with E-state index in [1.165, 1.54) is 0 Å². The maximum Gasteiger partial charge on any atom is 0.253 e. The fourth-order valence-electron chi connectivity index (χ4n) is 2.35. The van der Waals surface area contributed by atoms with Crippen LogP contribution in [-0.4, -0.2) is 29.8 Å². The van der Waals surface area contributed by atoms with Gasteiger partial charge in [-0.2, -0.15) is 0 Å². The lowest BCUT2D eigenvalue weighted by Crippen LogP contribution is -2.37. The van der Waals surface area contributed by atoms with Crippen LogP contribution < -0.4 is 5.73 Å². The van der Waals surface area contributed by atoms with Crippen molar-refractivity contribution < 1.29 is 9.59 Å². The Morgan fingerprint density at radius 3 is 1.90 bits per heavy atom. The number of nitrogens with two attached hydrogens (primary N) is 1. The summed E-state index contributed by atoms with van der Waals surface area (Å²) in [6.07, 6.45) is 0. The molecule has 0 bridgehead atoms. The summed E-state index contributed by atoms with van der Waals surface area (Å²) in [6.45, 7) is 11.6. The molecule has 1 aromatic rings. The first-order valence-electron chi connectivity index (χ1n) is 7.41. The largest absolute Gasteiger partial charge is 0.366 e. The Balaban J connectivity index is 3.10. The van der Waals surface area contributed by atoms with Crippen LogP contribution >= 0.6 is 0 Å². The standard InChI is InChI=1S/C17H26N2O2/c1-11(2)9-19(10-12(3)4)17(21)15-7-13(5)6-14(8-15)16(18)20/h6-8,11-12H,9-10H2,1-5H3,(H2,18,20). The number of rotatable bonds is 6. The van der Waals surface area contributed by atoms with Crippen LogP contribution in [0.1, 0.15) is 54.0 Å². The number of hydrogen-bond donors (Lipinski definition) is 1. The van der Waals surface area contributed by atoms with Crippen molar-refractivity contribution in [2.75, 3.05) is 13.1 Å². The topological polar surface area (TPSA) is 63.4 Å². The van der Waals surface area contributed by atoms with Gasteiger partial charge in [-0.1, -0.05) is 27.7 Å². The van der Waals surface area contributed by atoms with Crippen molar-refractivity contribution in [3.8, 4) is 0 Å². The highest BCUT2D eigenvalue weighted by Crippen LogP contribution is 2.14. The van der Waals surface area contributed by atoms with Crippen molar-refractivity contribution in [2.24, 2.45) is 17.6 Å². The molecule has 21 heavy (non-hydrogen) atoms. The van der Waals surface area contributed by atoms with Gasteiger partial charge in [0.15, 0.2) is 0 Å². The van der Waals surface area contributed by atoms with Gasteiger partial charge in [0.25, 0.3) is 5.91 Å². The van der Waals surface area contributed by atoms with Gasteiger partial charge in [-0.05, 0) is 42.5 Å². The fraction of sp³-hybridized carbons (Fsp3) is 0.529. The molecule has 0 aliphatic carbocycles. The average Bonchev–Trinajstić information content (AvgIpc) is 2.35. The van der Waals surface area contributed by atoms with Crippen LogP contribution in [-0.2, 0) is 0 Å². The molecule has 1 rings (SSSR count). The van der Waals surface area contributed by atoms with E-state index in [0.717, 1.165) is 5.56 Å². The molecular formula is C17H26N2O2. The lowest BCUT2D eigenvalue weighted by atomic mass is 10.0. The predicted molar refractivity (Wildman–Crippen MR) is 85.3 cm³/mol. The zero-order valence-corrected chi connectivity index (χ0v) is 13.6. The lowest BCUT2D eigenvalue weighted by Gasteiger charge is -2.26. The molecule has 1 aromatic carbocycles. The van der Waals surface area contributed by atoms with E-state index < -0.39 is 5.91 Å². The zero-order valence-electron chi connectivity index (χ0n) is 13.6. The number of aryl methyl sites for hydroxylation is 1. The van der Waals surface area contributed by atoms with Gasteiger partial charge in [-0.25, -0.2) is 0 Å². The highest BCUT2D eigenvalue weighted by atomic mass is 16.2. The number of amides is 2. The van der Waals surface area contributed by atoms with Crippen LogP contribution in [0.25, 0.3) is 0 Å². The first-order valence-corrected chi connectivity index (χ1v) is 7.41. The Labute approximate surface area is 127 Å². The van der Waals surface area contributed by atoms with Gasteiger partial charge in [0.05, 0.1) is 0 Å². The maximum atomic E-state index is 12.7. The first kappa shape index (κ1) is 17.2. The smallest absolute Gasteiger partial charge is 0.253 e. The Morgan fingerprint density at radius 2 is 1.48 bits per heavy atom. The minimum Gasteiger partial charge on any atom is -0.366 e. The summed E-state index contributed by atoms with van der Waals surface area (Å²) in [6, 6.07) is 5.10. The third-order valence-electron chi connectivity index (χ3n) is 3.07. The molecule has 0 aliphatic heterocycles. The predicted octanol–water partition coefficient (Wildman–Crippen LogP) is 2.85. The first-order chi connectivity index (χ1) is 9.70. The number of carbonyl (C=O) groups is 2. The number of benzene rings is 1. The normalized spacial score (nSPS) is 11.0. The molecule has 0 atom stereocenters. The van der Waals surface area contributed by atoms with Crippen LogP contribution in [0.3, 0.4) is 0 Å². The highest BCUT2D eigenvalue weighted by Gasteiger charge is 2.19. The molecule has 4 nitrogen and oxygen atoms in total. The van der Waals surface area contributed by atoms with Crippen molar-refractivity contribution in [3.05, 3.63) is 34.9 Å². The zero-order chi connectivity index (χ0) is 16.2. The summed E-state index contributed by atoms with van der Waals surface area (Å²) in [5.41, 5.74) is 7.10. The second-order valence-electron chi connectivity index (χ2n) is 6.45. The lowest BCUT2D eigenvalue weighted by molar-refractivity contribution is 0.0715. The van der Waals surface area contributed by atoms with E-state index >= 15 is 0 Å². The van der Waals surface area contributed by atoms with E-state index in [-0.39, 0.29) is 5.91 Å². The van der Waals surface area contributed by atoms with Gasteiger partial charge in [-0.3, -0.25) is 9.59 Å². The molecule has 0 radical (unpaired) electrons. The van der Waals surface area contributed by atoms with E-state index in [0.29, 0.717) is 36.1 Å². The highest BCUT2D eigenvalue weighted by molar-refractivity contribution is 5.99. The monoisotopic (exact) mass is 290 g/mol. The van der Waals surface area contributed by atoms with Crippen molar-refractivity contribution in [1.29, 1.82) is 0 Å². The Bertz CT molecular complexity index is 512. The number of primary amides is 1. The third-order valence-corrected chi connectivity index (χ3v) is 3.07. The SMILES string of the molecule is Cc1cc(C(N)=O)cc(C(=O)N(CC(C)C)CC(C)C)c1. The molecule has 0 aromatic heterocycles. The summed E-state index contributed by atoms with van der Waals surface area (Å²) < 4.78 is 0. The minimum atomic E-state index is -0.507. The van der Waals surface area contributed by atoms with Crippen LogP contribution in [0.15, 0.2) is 18.2 Å². The van der Waals surface area contributed by atoms with Crippen molar-refractivity contribution in [1.82, 2.24) is 4.90 Å². The van der Waals surface area contributed by atoms with Crippen LogP contribution in [0.5, 0.6) is 0 Å². The summed E-state index contributed by atoms with van der Waals surface area (Å²) >= 11 is 0. The molecule has 0 aliphatic rings. The molecule has 0 saturated heterocycles. The van der Waals surface area contributed by atoms with Gasteiger partial charge in [-0.15, -0.1) is 0 Å². The fourth-order valence-corrected chi connectivity index (χ4v) is 2.35. The molecule has 4 heteroatoms. The van der Waals surface area contributed by atoms with Gasteiger partial charge in [0.1, 0.15) is 0 Å². The Hall–Kier alpha value is -1.84. The van der Waals surface area contributed by atoms with E-state index in [1.807, 2.05) is 17.9 Å². The van der Waals surface area contributed by atoms with Gasteiger partial charge in [0, 0.05) is 24.2 Å². The van der Waals surface area contributed by atoms with Crippen LogP contribution in [0.2, 0.25) is 0 Å². The average molecular weight is 290 g/mol. The van der Waals surface area contributed by atoms with Gasteiger partial charge < -0.3 is 10.6 Å².